The molecule has 7 heteroatoms. The van der Waals surface area contributed by atoms with Crippen molar-refractivity contribution in [1.29, 1.82) is 0 Å². The fraction of sp³-hybridized carbons (Fsp3) is 0.600. The van der Waals surface area contributed by atoms with Crippen LogP contribution in [0.25, 0.3) is 0 Å². The predicted molar refractivity (Wildman–Crippen MR) is 128 cm³/mol. The van der Waals surface area contributed by atoms with Gasteiger partial charge in [-0.1, -0.05) is 52.4 Å². The van der Waals surface area contributed by atoms with Gasteiger partial charge in [0.25, 0.3) is 11.1 Å². The van der Waals surface area contributed by atoms with Gasteiger partial charge in [-0.05, 0) is 38.8 Å². The van der Waals surface area contributed by atoms with Crippen molar-refractivity contribution in [3.63, 3.8) is 0 Å². The van der Waals surface area contributed by atoms with E-state index in [0.29, 0.717) is 30.0 Å². The third kappa shape index (κ3) is 5.19. The van der Waals surface area contributed by atoms with E-state index in [-0.39, 0.29) is 11.1 Å². The van der Waals surface area contributed by atoms with Crippen molar-refractivity contribution in [2.45, 2.75) is 98.1 Å². The van der Waals surface area contributed by atoms with Crippen LogP contribution in [-0.2, 0) is 13.1 Å². The van der Waals surface area contributed by atoms with Crippen LogP contribution in [0.4, 0.5) is 0 Å². The number of aromatic amines is 2. The lowest BCUT2D eigenvalue weighted by molar-refractivity contribution is 0.498. The van der Waals surface area contributed by atoms with E-state index in [2.05, 4.69) is 24.0 Å². The fourth-order valence-electron chi connectivity index (χ4n) is 4.51. The standard InChI is InChI=1S/C25H38N4O3/c1-5-7-9-11-15-28-24(30)21(18(3)26-28)23(20-14-13-17-32-20)22-19(4)27-29(25(22)31)16-12-10-8-6-2/h13-14,17,23,26-27H,5-12,15-16H2,1-4H3. The highest BCUT2D eigenvalue weighted by atomic mass is 16.3. The molecule has 0 aliphatic carbocycles. The van der Waals surface area contributed by atoms with Crippen LogP contribution >= 0.6 is 0 Å². The van der Waals surface area contributed by atoms with Gasteiger partial charge < -0.3 is 4.42 Å². The van der Waals surface area contributed by atoms with Gasteiger partial charge in [-0.2, -0.15) is 0 Å². The Labute approximate surface area is 189 Å². The normalized spacial score (nSPS) is 11.7. The van der Waals surface area contributed by atoms with Gasteiger partial charge >= 0.3 is 0 Å². The average molecular weight is 443 g/mol. The van der Waals surface area contributed by atoms with Crippen LogP contribution in [-0.4, -0.2) is 19.6 Å². The number of unbranched alkanes of at least 4 members (excludes halogenated alkanes) is 6. The second-order valence-corrected chi connectivity index (χ2v) is 8.78. The van der Waals surface area contributed by atoms with Crippen LogP contribution in [0.2, 0.25) is 0 Å². The Morgan fingerprint density at radius 1 is 0.812 bits per heavy atom. The Kier molecular flexibility index (Phi) is 8.42. The van der Waals surface area contributed by atoms with E-state index in [4.69, 9.17) is 4.42 Å². The molecular formula is C25H38N4O3. The second kappa shape index (κ2) is 11.2. The lowest BCUT2D eigenvalue weighted by Gasteiger charge is -2.12. The molecule has 0 amide bonds. The van der Waals surface area contributed by atoms with Crippen molar-refractivity contribution in [1.82, 2.24) is 19.6 Å². The highest BCUT2D eigenvalue weighted by Gasteiger charge is 2.32. The molecule has 0 fully saturated rings. The third-order valence-electron chi connectivity index (χ3n) is 6.24. The first-order chi connectivity index (χ1) is 15.5. The molecule has 2 N–H and O–H groups in total. The van der Waals surface area contributed by atoms with E-state index in [9.17, 15) is 9.59 Å². The minimum absolute atomic E-state index is 0.0742. The van der Waals surface area contributed by atoms with Crippen molar-refractivity contribution in [2.75, 3.05) is 0 Å². The number of hydrogen-bond acceptors (Lipinski definition) is 3. The van der Waals surface area contributed by atoms with E-state index in [1.165, 1.54) is 0 Å². The zero-order valence-corrected chi connectivity index (χ0v) is 20.0. The minimum Gasteiger partial charge on any atom is -0.468 e. The number of aryl methyl sites for hydroxylation is 4. The molecule has 176 valence electrons. The molecular weight excluding hydrogens is 404 g/mol. The van der Waals surface area contributed by atoms with E-state index in [1.54, 1.807) is 21.7 Å². The summed E-state index contributed by atoms with van der Waals surface area (Å²) in [5, 5.41) is 6.48. The monoisotopic (exact) mass is 442 g/mol. The molecule has 3 aromatic rings. The molecule has 32 heavy (non-hydrogen) atoms. The number of H-pyrrole nitrogens is 2. The topological polar surface area (TPSA) is 88.7 Å². The van der Waals surface area contributed by atoms with Crippen LogP contribution in [0.3, 0.4) is 0 Å². The maximum Gasteiger partial charge on any atom is 0.271 e. The van der Waals surface area contributed by atoms with Gasteiger partial charge in [0.2, 0.25) is 0 Å². The number of nitrogens with one attached hydrogen (secondary N) is 2. The lowest BCUT2D eigenvalue weighted by Crippen LogP contribution is -2.26. The molecule has 0 aliphatic heterocycles. The van der Waals surface area contributed by atoms with Gasteiger partial charge in [0.15, 0.2) is 0 Å². The van der Waals surface area contributed by atoms with E-state index >= 15 is 0 Å². The van der Waals surface area contributed by atoms with Crippen LogP contribution < -0.4 is 11.1 Å². The van der Waals surface area contributed by atoms with Gasteiger partial charge in [-0.3, -0.25) is 29.2 Å². The molecule has 0 spiro atoms. The molecule has 3 rings (SSSR count). The van der Waals surface area contributed by atoms with Gasteiger partial charge in [0, 0.05) is 24.5 Å². The largest absolute Gasteiger partial charge is 0.468 e. The Morgan fingerprint density at radius 2 is 1.31 bits per heavy atom. The quantitative estimate of drug-likeness (QED) is 0.356. The van der Waals surface area contributed by atoms with Crippen molar-refractivity contribution < 1.29 is 4.42 Å². The number of furan rings is 1. The number of rotatable bonds is 13. The number of aromatic nitrogens is 4. The first-order valence-corrected chi connectivity index (χ1v) is 12.1. The van der Waals surface area contributed by atoms with Crippen LogP contribution in [0, 0.1) is 13.8 Å². The summed E-state index contributed by atoms with van der Waals surface area (Å²) < 4.78 is 9.11. The third-order valence-corrected chi connectivity index (χ3v) is 6.24. The molecule has 0 saturated heterocycles. The summed E-state index contributed by atoms with van der Waals surface area (Å²) in [6.45, 7) is 9.46. The summed E-state index contributed by atoms with van der Waals surface area (Å²) in [5.74, 6) is 0.0750. The molecule has 3 heterocycles. The Balaban J connectivity index is 1.98. The van der Waals surface area contributed by atoms with Crippen molar-refractivity contribution in [3.05, 3.63) is 67.4 Å². The van der Waals surface area contributed by atoms with Gasteiger partial charge in [-0.15, -0.1) is 0 Å². The molecule has 0 saturated carbocycles. The smallest absolute Gasteiger partial charge is 0.271 e. The minimum atomic E-state index is -0.536. The Morgan fingerprint density at radius 3 is 1.72 bits per heavy atom. The maximum absolute atomic E-state index is 13.4. The van der Waals surface area contributed by atoms with Crippen LogP contribution in [0.5, 0.6) is 0 Å². The molecule has 7 nitrogen and oxygen atoms in total. The molecule has 0 aromatic carbocycles. The van der Waals surface area contributed by atoms with E-state index < -0.39 is 5.92 Å². The Hall–Kier alpha value is -2.70. The van der Waals surface area contributed by atoms with Crippen LogP contribution in [0.15, 0.2) is 32.4 Å². The average Bonchev–Trinajstić information content (AvgIpc) is 3.46. The summed E-state index contributed by atoms with van der Waals surface area (Å²) >= 11 is 0. The molecule has 0 radical (unpaired) electrons. The van der Waals surface area contributed by atoms with Gasteiger partial charge in [-0.25, -0.2) is 0 Å². The molecule has 0 unspecified atom stereocenters. The first kappa shape index (κ1) is 24.0. The molecule has 0 aliphatic rings. The summed E-state index contributed by atoms with van der Waals surface area (Å²) in [6, 6.07) is 3.65. The highest BCUT2D eigenvalue weighted by Crippen LogP contribution is 2.31. The zero-order chi connectivity index (χ0) is 23.1. The van der Waals surface area contributed by atoms with Crippen LogP contribution in [0.1, 0.15) is 99.4 Å². The summed E-state index contributed by atoms with van der Waals surface area (Å²) in [4.78, 5) is 26.8. The lowest BCUT2D eigenvalue weighted by atomic mass is 9.89. The van der Waals surface area contributed by atoms with Crippen molar-refractivity contribution >= 4 is 0 Å². The van der Waals surface area contributed by atoms with Gasteiger partial charge in [0.05, 0.1) is 23.3 Å². The first-order valence-electron chi connectivity index (χ1n) is 12.1. The van der Waals surface area contributed by atoms with E-state index in [1.807, 2.05) is 19.9 Å². The van der Waals surface area contributed by atoms with E-state index in [0.717, 1.165) is 62.8 Å². The highest BCUT2D eigenvalue weighted by molar-refractivity contribution is 5.41. The summed E-state index contributed by atoms with van der Waals surface area (Å²) in [6.07, 6.45) is 10.3. The maximum atomic E-state index is 13.4. The Bertz CT molecular complexity index is 1010. The summed E-state index contributed by atoms with van der Waals surface area (Å²) in [5.41, 5.74) is 2.59. The zero-order valence-electron chi connectivity index (χ0n) is 20.0. The number of hydrogen-bond donors (Lipinski definition) is 2. The molecule has 0 atom stereocenters. The fourth-order valence-corrected chi connectivity index (χ4v) is 4.51. The summed E-state index contributed by atoms with van der Waals surface area (Å²) in [7, 11) is 0. The molecule has 0 bridgehead atoms. The van der Waals surface area contributed by atoms with Crippen molar-refractivity contribution in [3.8, 4) is 0 Å². The SMILES string of the molecule is CCCCCCn1[nH]c(C)c(C(c2ccco2)c2c(C)[nH]n(CCCCCC)c2=O)c1=O. The molecule has 3 aromatic heterocycles. The number of nitrogens with zero attached hydrogens (tertiary/aromatic N) is 2. The van der Waals surface area contributed by atoms with Crippen molar-refractivity contribution in [2.24, 2.45) is 0 Å². The van der Waals surface area contributed by atoms with Gasteiger partial charge in [0.1, 0.15) is 5.76 Å². The second-order valence-electron chi connectivity index (χ2n) is 8.78. The predicted octanol–water partition coefficient (Wildman–Crippen LogP) is 5.22.